The van der Waals surface area contributed by atoms with Gasteiger partial charge >= 0.3 is 0 Å². The molecule has 4 rings (SSSR count). The van der Waals surface area contributed by atoms with Gasteiger partial charge in [0.1, 0.15) is 22.3 Å². The third-order valence-corrected chi connectivity index (χ3v) is 4.98. The zero-order chi connectivity index (χ0) is 20.4. The van der Waals surface area contributed by atoms with E-state index < -0.39 is 0 Å². The molecule has 2 N–H and O–H groups in total. The van der Waals surface area contributed by atoms with Crippen LogP contribution in [0, 0.1) is 12.7 Å². The van der Waals surface area contributed by atoms with Crippen molar-refractivity contribution in [3.63, 3.8) is 0 Å². The van der Waals surface area contributed by atoms with E-state index in [2.05, 4.69) is 20.3 Å². The summed E-state index contributed by atoms with van der Waals surface area (Å²) in [6.45, 7) is 1.74. The highest BCUT2D eigenvalue weighted by molar-refractivity contribution is 7.13. The Labute approximate surface area is 169 Å². The van der Waals surface area contributed by atoms with Crippen LogP contribution in [0.2, 0.25) is 0 Å². The Bertz CT molecular complexity index is 1250. The lowest BCUT2D eigenvalue weighted by Crippen LogP contribution is -2.12. The van der Waals surface area contributed by atoms with E-state index in [1.165, 1.54) is 29.5 Å². The molecule has 0 spiro atoms. The van der Waals surface area contributed by atoms with E-state index in [4.69, 9.17) is 0 Å². The maximum atomic E-state index is 13.1. The molecule has 0 unspecified atom stereocenters. The van der Waals surface area contributed by atoms with Crippen LogP contribution in [0.3, 0.4) is 0 Å². The largest absolute Gasteiger partial charge is 0.321 e. The molecule has 0 bridgehead atoms. The first-order valence-electron chi connectivity index (χ1n) is 8.69. The van der Waals surface area contributed by atoms with Crippen molar-refractivity contribution in [2.75, 3.05) is 5.32 Å². The van der Waals surface area contributed by atoms with Gasteiger partial charge < -0.3 is 10.3 Å². The number of aryl methyl sites for hydroxylation is 1. The van der Waals surface area contributed by atoms with Gasteiger partial charge in [-0.05, 0) is 43.3 Å². The Kier molecular flexibility index (Phi) is 5.01. The number of benzene rings is 2. The van der Waals surface area contributed by atoms with Crippen molar-refractivity contribution in [1.29, 1.82) is 0 Å². The van der Waals surface area contributed by atoms with Crippen molar-refractivity contribution in [3.8, 4) is 22.0 Å². The molecular weight excluding hydrogens is 391 g/mol. The number of H-pyrrole nitrogens is 1. The molecule has 4 aromatic rings. The van der Waals surface area contributed by atoms with Gasteiger partial charge in [0.05, 0.1) is 0 Å². The molecule has 0 radical (unpaired) electrons. The van der Waals surface area contributed by atoms with Gasteiger partial charge in [0, 0.05) is 34.0 Å². The lowest BCUT2D eigenvalue weighted by molar-refractivity contribution is 0.102. The zero-order valence-corrected chi connectivity index (χ0v) is 16.1. The lowest BCUT2D eigenvalue weighted by Gasteiger charge is -2.06. The normalized spacial score (nSPS) is 10.7. The fourth-order valence-corrected chi connectivity index (χ4v) is 3.56. The van der Waals surface area contributed by atoms with Crippen LogP contribution in [0.25, 0.3) is 22.0 Å². The third-order valence-electron chi connectivity index (χ3n) is 4.09. The summed E-state index contributed by atoms with van der Waals surface area (Å²) in [4.78, 5) is 35.6. The molecule has 29 heavy (non-hydrogen) atoms. The summed E-state index contributed by atoms with van der Waals surface area (Å²) in [5.74, 6) is -0.261. The van der Waals surface area contributed by atoms with Gasteiger partial charge in [-0.3, -0.25) is 9.59 Å². The van der Waals surface area contributed by atoms with Crippen molar-refractivity contribution >= 4 is 22.9 Å². The van der Waals surface area contributed by atoms with Crippen LogP contribution in [0.4, 0.5) is 10.1 Å². The monoisotopic (exact) mass is 406 g/mol. The summed E-state index contributed by atoms with van der Waals surface area (Å²) >= 11 is 1.31. The molecule has 0 saturated carbocycles. The second-order valence-electron chi connectivity index (χ2n) is 6.32. The number of nitrogens with one attached hydrogen (secondary N) is 2. The predicted octanol–water partition coefficient (Wildman–Crippen LogP) is 4.26. The molecular formula is C21H15FN4O2S. The molecule has 0 aliphatic rings. The zero-order valence-electron chi connectivity index (χ0n) is 15.3. The van der Waals surface area contributed by atoms with E-state index >= 15 is 0 Å². The van der Waals surface area contributed by atoms with E-state index in [9.17, 15) is 14.0 Å². The Morgan fingerprint density at radius 1 is 1.07 bits per heavy atom. The molecule has 0 aliphatic heterocycles. The average Bonchev–Trinajstić information content (AvgIpc) is 3.18. The van der Waals surface area contributed by atoms with Gasteiger partial charge in [-0.15, -0.1) is 11.3 Å². The van der Waals surface area contributed by atoms with Crippen LogP contribution in [0.5, 0.6) is 0 Å². The second kappa shape index (κ2) is 7.76. The van der Waals surface area contributed by atoms with Crippen LogP contribution in [0.15, 0.2) is 64.8 Å². The third kappa shape index (κ3) is 4.27. The first-order valence-corrected chi connectivity index (χ1v) is 9.57. The summed E-state index contributed by atoms with van der Waals surface area (Å²) in [6.07, 6.45) is 0. The fraction of sp³-hybridized carbons (Fsp3) is 0.0476. The van der Waals surface area contributed by atoms with Gasteiger partial charge in [0.25, 0.3) is 11.5 Å². The van der Waals surface area contributed by atoms with E-state index in [0.717, 1.165) is 5.56 Å². The minimum atomic E-state index is -0.363. The molecule has 1 amide bonds. The minimum Gasteiger partial charge on any atom is -0.321 e. The van der Waals surface area contributed by atoms with Crippen molar-refractivity contribution in [1.82, 2.24) is 15.0 Å². The minimum absolute atomic E-state index is 0.238. The quantitative estimate of drug-likeness (QED) is 0.530. The number of halogens is 1. The van der Waals surface area contributed by atoms with Gasteiger partial charge in [-0.25, -0.2) is 14.4 Å². The Hall–Kier alpha value is -3.65. The number of carbonyl (C=O) groups excluding carboxylic acids is 1. The van der Waals surface area contributed by atoms with Crippen molar-refractivity contribution in [2.24, 2.45) is 0 Å². The highest BCUT2D eigenvalue weighted by Gasteiger charge is 2.13. The summed E-state index contributed by atoms with van der Waals surface area (Å²) in [7, 11) is 0. The summed E-state index contributed by atoms with van der Waals surface area (Å²) in [5.41, 5.74) is 2.60. The standard InChI is InChI=1S/C21H15FN4O2S/c1-12-9-18(27)26-19(23-12)14-3-2-4-16(10-14)24-20(28)17-11-29-21(25-17)13-5-7-15(22)8-6-13/h2-11H,1H3,(H,24,28)(H,23,26,27). The van der Waals surface area contributed by atoms with E-state index in [1.807, 2.05) is 0 Å². The average molecular weight is 406 g/mol. The number of hydrogen-bond donors (Lipinski definition) is 2. The Balaban J connectivity index is 1.55. The molecule has 0 atom stereocenters. The highest BCUT2D eigenvalue weighted by atomic mass is 32.1. The van der Waals surface area contributed by atoms with E-state index in [1.54, 1.807) is 48.7 Å². The van der Waals surface area contributed by atoms with Gasteiger partial charge in [-0.2, -0.15) is 0 Å². The lowest BCUT2D eigenvalue weighted by atomic mass is 10.2. The number of thiazole rings is 1. The molecule has 0 aliphatic carbocycles. The molecule has 8 heteroatoms. The smallest absolute Gasteiger partial charge is 0.275 e. The topological polar surface area (TPSA) is 87.7 Å². The first-order chi connectivity index (χ1) is 14.0. The Morgan fingerprint density at radius 3 is 2.62 bits per heavy atom. The van der Waals surface area contributed by atoms with Crippen molar-refractivity contribution in [3.05, 3.63) is 87.5 Å². The first kappa shape index (κ1) is 18.7. The number of hydrogen-bond acceptors (Lipinski definition) is 5. The van der Waals surface area contributed by atoms with Crippen LogP contribution in [0.1, 0.15) is 16.2 Å². The van der Waals surface area contributed by atoms with Crippen LogP contribution >= 0.6 is 11.3 Å². The van der Waals surface area contributed by atoms with Crippen LogP contribution in [-0.2, 0) is 0 Å². The van der Waals surface area contributed by atoms with Gasteiger partial charge in [-0.1, -0.05) is 12.1 Å². The van der Waals surface area contributed by atoms with E-state index in [-0.39, 0.29) is 23.0 Å². The summed E-state index contributed by atoms with van der Waals surface area (Å²) in [5, 5.41) is 5.08. The molecule has 0 fully saturated rings. The SMILES string of the molecule is Cc1cc(=O)[nH]c(-c2cccc(NC(=O)c3csc(-c4ccc(F)cc4)n3)c2)n1. The molecule has 2 heterocycles. The van der Waals surface area contributed by atoms with Gasteiger partial charge in [0.15, 0.2) is 0 Å². The van der Waals surface area contributed by atoms with Crippen LogP contribution in [-0.4, -0.2) is 20.9 Å². The highest BCUT2D eigenvalue weighted by Crippen LogP contribution is 2.25. The molecule has 2 aromatic heterocycles. The van der Waals surface area contributed by atoms with Crippen molar-refractivity contribution < 1.29 is 9.18 Å². The second-order valence-corrected chi connectivity index (χ2v) is 7.17. The number of carbonyl (C=O) groups is 1. The van der Waals surface area contributed by atoms with Crippen molar-refractivity contribution in [2.45, 2.75) is 6.92 Å². The number of amides is 1. The Morgan fingerprint density at radius 2 is 1.86 bits per heavy atom. The molecule has 0 saturated heterocycles. The van der Waals surface area contributed by atoms with Gasteiger partial charge in [0.2, 0.25) is 0 Å². The molecule has 144 valence electrons. The summed E-state index contributed by atoms with van der Waals surface area (Å²) < 4.78 is 13.1. The number of nitrogens with zero attached hydrogens (tertiary/aromatic N) is 2. The maximum absolute atomic E-state index is 13.1. The predicted molar refractivity (Wildman–Crippen MR) is 110 cm³/mol. The number of anilines is 1. The maximum Gasteiger partial charge on any atom is 0.275 e. The van der Waals surface area contributed by atoms with Crippen LogP contribution < -0.4 is 10.9 Å². The number of aromatic nitrogens is 3. The molecule has 6 nitrogen and oxygen atoms in total. The fourth-order valence-electron chi connectivity index (χ4n) is 2.76. The summed E-state index contributed by atoms with van der Waals surface area (Å²) in [6, 6.07) is 14.4. The number of rotatable bonds is 4. The molecule has 2 aromatic carbocycles. The number of aromatic amines is 1. The van der Waals surface area contributed by atoms with E-state index in [0.29, 0.717) is 27.8 Å².